The molecule has 2 heterocycles. The van der Waals surface area contributed by atoms with Gasteiger partial charge in [-0.05, 0) is 25.1 Å². The molecule has 0 amide bonds. The number of H-pyrrole nitrogens is 2. The van der Waals surface area contributed by atoms with Gasteiger partial charge in [0.25, 0.3) is 0 Å². The lowest BCUT2D eigenvalue weighted by atomic mass is 10.1. The Morgan fingerprint density at radius 3 is 2.93 bits per heavy atom. The number of hydrogen-bond donors (Lipinski definition) is 2. The smallest absolute Gasteiger partial charge is 0.112 e. The summed E-state index contributed by atoms with van der Waals surface area (Å²) in [6.45, 7) is 2.05. The topological polar surface area (TPSA) is 57.4 Å². The zero-order valence-corrected chi connectivity index (χ0v) is 8.28. The van der Waals surface area contributed by atoms with Crippen molar-refractivity contribution in [2.75, 3.05) is 0 Å². The predicted molar refractivity (Wildman–Crippen MR) is 58.4 cm³/mol. The molecule has 3 rings (SSSR count). The molecule has 0 atom stereocenters. The number of benzene rings is 1. The highest BCUT2D eigenvalue weighted by Gasteiger charge is 2.03. The van der Waals surface area contributed by atoms with E-state index in [4.69, 9.17) is 0 Å². The molecule has 0 aliphatic carbocycles. The molecular weight excluding hydrogens is 188 g/mol. The summed E-state index contributed by atoms with van der Waals surface area (Å²) in [5, 5.41) is 11.7. The van der Waals surface area contributed by atoms with Crippen LogP contribution in [0.25, 0.3) is 22.2 Å². The summed E-state index contributed by atoms with van der Waals surface area (Å²) >= 11 is 0. The average Bonchev–Trinajstić information content (AvgIpc) is 2.82. The number of nitrogens with one attached hydrogen (secondary N) is 2. The van der Waals surface area contributed by atoms with Crippen molar-refractivity contribution in [2.45, 2.75) is 6.92 Å². The van der Waals surface area contributed by atoms with Crippen LogP contribution in [0.1, 0.15) is 5.69 Å². The van der Waals surface area contributed by atoms with Crippen molar-refractivity contribution < 1.29 is 0 Å². The Morgan fingerprint density at radius 1 is 1.20 bits per heavy atom. The first-order valence-electron chi connectivity index (χ1n) is 4.78. The Bertz CT molecular complexity index is 592. The molecule has 0 aliphatic heterocycles. The minimum Gasteiger partial charge on any atom is -0.359 e. The van der Waals surface area contributed by atoms with E-state index in [0.29, 0.717) is 0 Å². The van der Waals surface area contributed by atoms with Crippen LogP contribution in [0.3, 0.4) is 0 Å². The van der Waals surface area contributed by atoms with Crippen molar-refractivity contribution in [3.05, 3.63) is 36.2 Å². The molecule has 0 unspecified atom stereocenters. The van der Waals surface area contributed by atoms with E-state index in [1.165, 1.54) is 11.1 Å². The van der Waals surface area contributed by atoms with Crippen LogP contribution >= 0.6 is 0 Å². The number of rotatable bonds is 1. The number of aromatic amines is 2. The highest BCUT2D eigenvalue weighted by atomic mass is 15.3. The standard InChI is InChI=1S/C11H10N4/c1-7-4-9-5-8(2-3-10(9)13-7)11-6-12-15-14-11/h2-6,13H,1H3,(H,12,14,15). The minimum absolute atomic E-state index is 0.871. The van der Waals surface area contributed by atoms with E-state index in [1.54, 1.807) is 6.20 Å². The maximum Gasteiger partial charge on any atom is 0.112 e. The van der Waals surface area contributed by atoms with E-state index in [9.17, 15) is 0 Å². The summed E-state index contributed by atoms with van der Waals surface area (Å²) in [7, 11) is 0. The normalized spacial score (nSPS) is 11.0. The molecule has 2 aromatic heterocycles. The van der Waals surface area contributed by atoms with Gasteiger partial charge in [-0.1, -0.05) is 6.07 Å². The lowest BCUT2D eigenvalue weighted by Gasteiger charge is -1.95. The first kappa shape index (κ1) is 8.23. The molecule has 1 aromatic carbocycles. The van der Waals surface area contributed by atoms with E-state index < -0.39 is 0 Å². The van der Waals surface area contributed by atoms with Crippen LogP contribution in [0.4, 0.5) is 0 Å². The highest BCUT2D eigenvalue weighted by Crippen LogP contribution is 2.22. The summed E-state index contributed by atoms with van der Waals surface area (Å²) < 4.78 is 0. The molecule has 74 valence electrons. The van der Waals surface area contributed by atoms with Crippen molar-refractivity contribution in [1.82, 2.24) is 20.4 Å². The fraction of sp³-hybridized carbons (Fsp3) is 0.0909. The molecule has 15 heavy (non-hydrogen) atoms. The van der Waals surface area contributed by atoms with Crippen molar-refractivity contribution in [2.24, 2.45) is 0 Å². The van der Waals surface area contributed by atoms with Gasteiger partial charge >= 0.3 is 0 Å². The predicted octanol–water partition coefficient (Wildman–Crippen LogP) is 2.26. The van der Waals surface area contributed by atoms with Gasteiger partial charge in [-0.15, -0.1) is 0 Å². The van der Waals surface area contributed by atoms with Gasteiger partial charge in [0.05, 0.1) is 6.20 Å². The summed E-state index contributed by atoms with van der Waals surface area (Å²) in [4.78, 5) is 3.29. The molecule has 4 heteroatoms. The Morgan fingerprint density at radius 2 is 2.13 bits per heavy atom. The molecule has 0 spiro atoms. The van der Waals surface area contributed by atoms with Crippen LogP contribution in [-0.2, 0) is 0 Å². The molecule has 0 fully saturated rings. The van der Waals surface area contributed by atoms with E-state index >= 15 is 0 Å². The molecule has 2 N–H and O–H groups in total. The summed E-state index contributed by atoms with van der Waals surface area (Å²) in [6.07, 6.45) is 1.72. The first-order chi connectivity index (χ1) is 7.33. The third-order valence-corrected chi connectivity index (χ3v) is 2.47. The molecule has 0 saturated carbocycles. The average molecular weight is 198 g/mol. The van der Waals surface area contributed by atoms with Crippen molar-refractivity contribution in [3.63, 3.8) is 0 Å². The van der Waals surface area contributed by atoms with Crippen molar-refractivity contribution in [1.29, 1.82) is 0 Å². The van der Waals surface area contributed by atoms with Crippen molar-refractivity contribution >= 4 is 10.9 Å². The van der Waals surface area contributed by atoms with E-state index in [-0.39, 0.29) is 0 Å². The summed E-state index contributed by atoms with van der Waals surface area (Å²) in [5.74, 6) is 0. The number of fused-ring (bicyclic) bond motifs is 1. The van der Waals surface area contributed by atoms with Gasteiger partial charge in [-0.3, -0.25) is 0 Å². The van der Waals surface area contributed by atoms with Crippen LogP contribution in [0.5, 0.6) is 0 Å². The Balaban J connectivity index is 2.21. The van der Waals surface area contributed by atoms with Crippen molar-refractivity contribution in [3.8, 4) is 11.3 Å². The Labute approximate surface area is 86.3 Å². The van der Waals surface area contributed by atoms with Gasteiger partial charge in [0.2, 0.25) is 0 Å². The second kappa shape index (κ2) is 2.95. The monoisotopic (exact) mass is 198 g/mol. The Hall–Kier alpha value is -2.10. The quantitative estimate of drug-likeness (QED) is 0.630. The Kier molecular flexibility index (Phi) is 1.62. The largest absolute Gasteiger partial charge is 0.359 e. The summed E-state index contributed by atoms with van der Waals surface area (Å²) in [5.41, 5.74) is 4.27. The zero-order chi connectivity index (χ0) is 10.3. The van der Waals surface area contributed by atoms with Gasteiger partial charge in [0.15, 0.2) is 0 Å². The van der Waals surface area contributed by atoms with Gasteiger partial charge in [-0.25, -0.2) is 0 Å². The second-order valence-electron chi connectivity index (χ2n) is 3.61. The summed E-state index contributed by atoms with van der Waals surface area (Å²) in [6, 6.07) is 8.33. The van der Waals surface area contributed by atoms with Gasteiger partial charge in [0, 0.05) is 22.2 Å². The van der Waals surface area contributed by atoms with E-state index in [2.05, 4.69) is 45.5 Å². The van der Waals surface area contributed by atoms with Gasteiger partial charge in [0.1, 0.15) is 5.69 Å². The van der Waals surface area contributed by atoms with E-state index in [1.807, 2.05) is 6.07 Å². The number of aromatic nitrogens is 4. The van der Waals surface area contributed by atoms with Crippen LogP contribution in [0, 0.1) is 6.92 Å². The lowest BCUT2D eigenvalue weighted by Crippen LogP contribution is -1.77. The third-order valence-electron chi connectivity index (χ3n) is 2.47. The molecule has 0 bridgehead atoms. The van der Waals surface area contributed by atoms with Crippen LogP contribution in [0.2, 0.25) is 0 Å². The molecule has 0 aliphatic rings. The second-order valence-corrected chi connectivity index (χ2v) is 3.61. The van der Waals surface area contributed by atoms with Crippen LogP contribution in [0.15, 0.2) is 30.5 Å². The molecule has 0 saturated heterocycles. The third kappa shape index (κ3) is 1.30. The van der Waals surface area contributed by atoms with E-state index in [0.717, 1.165) is 16.8 Å². The number of hydrogen-bond acceptors (Lipinski definition) is 2. The van der Waals surface area contributed by atoms with Crippen LogP contribution < -0.4 is 0 Å². The fourth-order valence-corrected chi connectivity index (χ4v) is 1.78. The highest BCUT2D eigenvalue weighted by molar-refractivity contribution is 5.85. The number of nitrogens with zero attached hydrogens (tertiary/aromatic N) is 2. The first-order valence-corrected chi connectivity index (χ1v) is 4.78. The molecule has 0 radical (unpaired) electrons. The maximum absolute atomic E-state index is 4.05. The van der Waals surface area contributed by atoms with Gasteiger partial charge in [-0.2, -0.15) is 15.4 Å². The fourth-order valence-electron chi connectivity index (χ4n) is 1.78. The molecule has 4 nitrogen and oxygen atoms in total. The lowest BCUT2D eigenvalue weighted by molar-refractivity contribution is 0.942. The van der Waals surface area contributed by atoms with Gasteiger partial charge < -0.3 is 4.98 Å². The SMILES string of the molecule is Cc1cc2cc(-c3cn[nH]n3)ccc2[nH]1. The molecular formula is C11H10N4. The van der Waals surface area contributed by atoms with Crippen LogP contribution in [-0.4, -0.2) is 20.4 Å². The number of aryl methyl sites for hydroxylation is 1. The maximum atomic E-state index is 4.05. The zero-order valence-electron chi connectivity index (χ0n) is 8.28. The molecule has 3 aromatic rings. The minimum atomic E-state index is 0.871.